The molecule has 2 aliphatic rings. The number of nitrogens with one attached hydrogen (secondary N) is 2. The lowest BCUT2D eigenvalue weighted by Crippen LogP contribution is -2.53. The predicted octanol–water partition coefficient (Wildman–Crippen LogP) is 4.09. The van der Waals surface area contributed by atoms with Crippen LogP contribution >= 0.6 is 0 Å². The summed E-state index contributed by atoms with van der Waals surface area (Å²) in [5, 5.41) is 4.39. The molecule has 3 aromatic rings. The second kappa shape index (κ2) is 8.47. The Morgan fingerprint density at radius 1 is 1.18 bits per heavy atom. The summed E-state index contributed by atoms with van der Waals surface area (Å²) in [7, 11) is 1.65. The van der Waals surface area contributed by atoms with Crippen molar-refractivity contribution < 1.29 is 14.3 Å². The first kappa shape index (κ1) is 22.5. The second-order valence-corrected chi connectivity index (χ2v) is 9.90. The molecule has 2 aromatic carbocycles. The fourth-order valence-electron chi connectivity index (χ4n) is 5.38. The van der Waals surface area contributed by atoms with Crippen molar-refractivity contribution in [3.8, 4) is 5.75 Å². The van der Waals surface area contributed by atoms with Gasteiger partial charge in [0.1, 0.15) is 17.3 Å². The lowest BCUT2D eigenvalue weighted by Gasteiger charge is -2.42. The van der Waals surface area contributed by atoms with Gasteiger partial charge in [-0.1, -0.05) is 44.2 Å². The van der Waals surface area contributed by atoms with Crippen LogP contribution in [0.5, 0.6) is 5.75 Å². The van der Waals surface area contributed by atoms with Gasteiger partial charge in [0.15, 0.2) is 0 Å². The molecule has 7 nitrogen and oxygen atoms in total. The van der Waals surface area contributed by atoms with Crippen LogP contribution in [0, 0.1) is 5.92 Å². The van der Waals surface area contributed by atoms with Gasteiger partial charge >= 0.3 is 6.03 Å². The minimum absolute atomic E-state index is 0.132. The molecule has 2 N–H and O–H groups in total. The number of imide groups is 1. The van der Waals surface area contributed by atoms with Gasteiger partial charge in [-0.2, -0.15) is 0 Å². The Morgan fingerprint density at radius 2 is 1.94 bits per heavy atom. The smallest absolute Gasteiger partial charge is 0.328 e. The van der Waals surface area contributed by atoms with Gasteiger partial charge in [0.05, 0.1) is 7.11 Å². The van der Waals surface area contributed by atoms with Crippen LogP contribution in [0.3, 0.4) is 0 Å². The molecular weight excluding hydrogens is 428 g/mol. The summed E-state index contributed by atoms with van der Waals surface area (Å²) in [5.74, 6) is 1.14. The van der Waals surface area contributed by atoms with Crippen LogP contribution < -0.4 is 10.1 Å². The number of hydrogen-bond acceptors (Lipinski definition) is 4. The quantitative estimate of drug-likeness (QED) is 0.411. The SMILES string of the molecule is COc1ccc2[nH]c3c(c2c1)C[C@@]1(C)C(=O)N(CCNCC(C)C)C(=O)N1[C@@H]3c1ccccc1. The number of aromatic nitrogens is 1. The molecule has 0 radical (unpaired) electrons. The summed E-state index contributed by atoms with van der Waals surface area (Å²) >= 11 is 0. The maximum Gasteiger partial charge on any atom is 0.328 e. The van der Waals surface area contributed by atoms with E-state index < -0.39 is 5.54 Å². The molecule has 178 valence electrons. The predicted molar refractivity (Wildman–Crippen MR) is 132 cm³/mol. The first-order valence-electron chi connectivity index (χ1n) is 11.9. The second-order valence-electron chi connectivity index (χ2n) is 9.90. The third kappa shape index (κ3) is 3.46. The van der Waals surface area contributed by atoms with Gasteiger partial charge in [-0.15, -0.1) is 0 Å². The number of nitrogens with zero attached hydrogens (tertiary/aromatic N) is 2. The minimum atomic E-state index is -0.958. The molecule has 2 atom stereocenters. The van der Waals surface area contributed by atoms with Crippen LogP contribution in [-0.2, 0) is 11.2 Å². The van der Waals surface area contributed by atoms with Crippen molar-refractivity contribution in [2.24, 2.45) is 5.92 Å². The molecule has 1 fully saturated rings. The van der Waals surface area contributed by atoms with Crippen molar-refractivity contribution in [1.29, 1.82) is 0 Å². The molecule has 3 amide bonds. The standard InChI is InChI=1S/C27H32N4O3/c1-17(2)16-28-12-13-30-25(32)27(3)15-21-20-14-19(34-4)10-11-22(20)29-23(21)24(31(27)26(30)33)18-8-6-5-7-9-18/h5-11,14,17,24,28-29H,12-13,15-16H2,1-4H3/t24-,27+/m1/s1. The van der Waals surface area contributed by atoms with Gasteiger partial charge in [-0.05, 0) is 48.7 Å². The Morgan fingerprint density at radius 3 is 2.65 bits per heavy atom. The summed E-state index contributed by atoms with van der Waals surface area (Å²) in [4.78, 5) is 34.3. The Balaban J connectivity index is 1.60. The van der Waals surface area contributed by atoms with E-state index in [1.165, 1.54) is 4.90 Å². The van der Waals surface area contributed by atoms with E-state index in [1.807, 2.05) is 55.5 Å². The molecule has 3 heterocycles. The Labute approximate surface area is 200 Å². The molecule has 5 rings (SSSR count). The highest BCUT2D eigenvalue weighted by molar-refractivity contribution is 6.08. The van der Waals surface area contributed by atoms with Crippen molar-refractivity contribution in [2.45, 2.75) is 38.8 Å². The molecule has 0 spiro atoms. The zero-order chi connectivity index (χ0) is 24.0. The highest BCUT2D eigenvalue weighted by Gasteiger charge is 2.59. The Bertz CT molecular complexity index is 1240. The number of urea groups is 1. The number of rotatable bonds is 7. The van der Waals surface area contributed by atoms with E-state index in [9.17, 15) is 9.59 Å². The van der Waals surface area contributed by atoms with Crippen LogP contribution in [0.4, 0.5) is 4.79 Å². The van der Waals surface area contributed by atoms with Crippen molar-refractivity contribution in [2.75, 3.05) is 26.7 Å². The average Bonchev–Trinajstić information content (AvgIpc) is 3.27. The van der Waals surface area contributed by atoms with Gasteiger partial charge in [-0.25, -0.2) is 4.79 Å². The fraction of sp³-hybridized carbons (Fsp3) is 0.407. The van der Waals surface area contributed by atoms with E-state index in [1.54, 1.807) is 12.0 Å². The number of ether oxygens (including phenoxy) is 1. The molecule has 7 heteroatoms. The normalized spacial score (nSPS) is 22.0. The lowest BCUT2D eigenvalue weighted by atomic mass is 9.81. The lowest BCUT2D eigenvalue weighted by molar-refractivity contribution is -0.133. The van der Waals surface area contributed by atoms with E-state index >= 15 is 0 Å². The van der Waals surface area contributed by atoms with Crippen molar-refractivity contribution in [1.82, 2.24) is 20.1 Å². The van der Waals surface area contributed by atoms with Crippen LogP contribution in [-0.4, -0.2) is 59.0 Å². The highest BCUT2D eigenvalue weighted by atomic mass is 16.5. The van der Waals surface area contributed by atoms with E-state index in [-0.39, 0.29) is 18.0 Å². The van der Waals surface area contributed by atoms with Gasteiger partial charge < -0.3 is 15.0 Å². The van der Waals surface area contributed by atoms with Gasteiger partial charge in [0.2, 0.25) is 0 Å². The first-order chi connectivity index (χ1) is 16.3. The monoisotopic (exact) mass is 460 g/mol. The highest BCUT2D eigenvalue weighted by Crippen LogP contribution is 2.48. The molecule has 1 aromatic heterocycles. The van der Waals surface area contributed by atoms with Crippen LogP contribution in [0.2, 0.25) is 0 Å². The summed E-state index contributed by atoms with van der Waals surface area (Å²) in [6, 6.07) is 15.3. The third-order valence-electron chi connectivity index (χ3n) is 7.05. The van der Waals surface area contributed by atoms with E-state index in [2.05, 4.69) is 24.1 Å². The number of carbonyl (C=O) groups is 2. The largest absolute Gasteiger partial charge is 0.497 e. The number of fused-ring (bicyclic) bond motifs is 4. The molecule has 0 saturated carbocycles. The topological polar surface area (TPSA) is 77.7 Å². The fourth-order valence-corrected chi connectivity index (χ4v) is 5.38. The zero-order valence-corrected chi connectivity index (χ0v) is 20.2. The van der Waals surface area contributed by atoms with E-state index in [4.69, 9.17) is 4.74 Å². The van der Waals surface area contributed by atoms with Crippen LogP contribution in [0.25, 0.3) is 10.9 Å². The van der Waals surface area contributed by atoms with Crippen molar-refractivity contribution in [3.05, 3.63) is 65.4 Å². The Kier molecular flexibility index (Phi) is 5.60. The first-order valence-corrected chi connectivity index (χ1v) is 11.9. The number of aromatic amines is 1. The van der Waals surface area contributed by atoms with Crippen LogP contribution in [0.1, 0.15) is 43.6 Å². The summed E-state index contributed by atoms with van der Waals surface area (Å²) in [5.41, 5.74) is 3.04. The summed E-state index contributed by atoms with van der Waals surface area (Å²) in [6.45, 7) is 7.98. The van der Waals surface area contributed by atoms with E-state index in [0.29, 0.717) is 25.4 Å². The number of hydrogen-bond donors (Lipinski definition) is 2. The molecule has 34 heavy (non-hydrogen) atoms. The number of amides is 3. The molecule has 0 aliphatic carbocycles. The number of carbonyl (C=O) groups excluding carboxylic acids is 2. The molecule has 0 bridgehead atoms. The Hall–Kier alpha value is -3.32. The third-order valence-corrected chi connectivity index (χ3v) is 7.05. The van der Waals surface area contributed by atoms with Gasteiger partial charge in [-0.3, -0.25) is 14.6 Å². The number of H-pyrrole nitrogens is 1. The average molecular weight is 461 g/mol. The molecule has 2 aliphatic heterocycles. The zero-order valence-electron chi connectivity index (χ0n) is 20.2. The van der Waals surface area contributed by atoms with Crippen molar-refractivity contribution >= 4 is 22.8 Å². The molecular formula is C27H32N4O3. The van der Waals surface area contributed by atoms with E-state index in [0.717, 1.165) is 40.0 Å². The number of methoxy groups -OCH3 is 1. The van der Waals surface area contributed by atoms with Crippen LogP contribution in [0.15, 0.2) is 48.5 Å². The van der Waals surface area contributed by atoms with Gasteiger partial charge in [0.25, 0.3) is 5.91 Å². The summed E-state index contributed by atoms with van der Waals surface area (Å²) < 4.78 is 5.47. The maximum atomic E-state index is 13.8. The minimum Gasteiger partial charge on any atom is -0.497 e. The van der Waals surface area contributed by atoms with Gasteiger partial charge in [0, 0.05) is 36.1 Å². The molecule has 0 unspecified atom stereocenters. The van der Waals surface area contributed by atoms with Crippen molar-refractivity contribution in [3.63, 3.8) is 0 Å². The summed E-state index contributed by atoms with van der Waals surface area (Å²) in [6.07, 6.45) is 0.458. The maximum absolute atomic E-state index is 13.8. The molecule has 1 saturated heterocycles. The number of benzene rings is 2.